The summed E-state index contributed by atoms with van der Waals surface area (Å²) in [7, 11) is 0. The van der Waals surface area contributed by atoms with Gasteiger partial charge in [-0.2, -0.15) is 0 Å². The van der Waals surface area contributed by atoms with Crippen molar-refractivity contribution in [3.8, 4) is 16.9 Å². The highest BCUT2D eigenvalue weighted by Gasteiger charge is 2.17. The number of carbonyl (C=O) groups excluding carboxylic acids is 1. The first-order valence-electron chi connectivity index (χ1n) is 9.28. The summed E-state index contributed by atoms with van der Waals surface area (Å²) in [5.41, 5.74) is 5.48. The van der Waals surface area contributed by atoms with Crippen molar-refractivity contribution in [2.45, 2.75) is 24.2 Å². The molecule has 0 bridgehead atoms. The van der Waals surface area contributed by atoms with Gasteiger partial charge in [0.05, 0.1) is 0 Å². The number of carbonyl (C=O) groups is 1. The van der Waals surface area contributed by atoms with E-state index in [2.05, 4.69) is 59.0 Å². The van der Waals surface area contributed by atoms with Crippen LogP contribution >= 0.6 is 22.6 Å². The lowest BCUT2D eigenvalue weighted by atomic mass is 10.0. The van der Waals surface area contributed by atoms with Gasteiger partial charge in [-0.15, -0.1) is 0 Å². The second-order valence-electron chi connectivity index (χ2n) is 6.74. The Morgan fingerprint density at radius 1 is 0.893 bits per heavy atom. The van der Waals surface area contributed by atoms with Crippen molar-refractivity contribution in [1.82, 2.24) is 0 Å². The molecule has 3 aromatic rings. The van der Waals surface area contributed by atoms with Crippen molar-refractivity contribution in [2.75, 3.05) is 0 Å². The number of para-hydroxylation sites is 1. The summed E-state index contributed by atoms with van der Waals surface area (Å²) in [6.07, 6.45) is 4.71. The summed E-state index contributed by atoms with van der Waals surface area (Å²) in [5, 5.41) is 0. The molecule has 142 valence electrons. The molecule has 28 heavy (non-hydrogen) atoms. The number of ether oxygens (including phenoxy) is 1. The van der Waals surface area contributed by atoms with Gasteiger partial charge in [0.25, 0.3) is 0 Å². The summed E-state index contributed by atoms with van der Waals surface area (Å²) in [4.78, 5) is 12.4. The van der Waals surface area contributed by atoms with Crippen molar-refractivity contribution in [3.05, 3.63) is 95.6 Å². The number of benzene rings is 3. The van der Waals surface area contributed by atoms with Crippen LogP contribution in [0.4, 0.5) is 0 Å². The minimum atomic E-state index is -0.226. The van der Waals surface area contributed by atoms with Crippen molar-refractivity contribution in [2.24, 2.45) is 0 Å². The maximum atomic E-state index is 12.4. The first-order valence-corrected chi connectivity index (χ1v) is 10.5. The number of alkyl halides is 1. The Morgan fingerprint density at radius 2 is 1.50 bits per heavy atom. The van der Waals surface area contributed by atoms with Crippen LogP contribution in [0.3, 0.4) is 0 Å². The molecule has 0 radical (unpaired) electrons. The molecular weight excluding hydrogens is 459 g/mol. The van der Waals surface area contributed by atoms with Gasteiger partial charge in [0.2, 0.25) is 0 Å². The summed E-state index contributed by atoms with van der Waals surface area (Å²) in [5.74, 6) is 0.469. The molecule has 3 aromatic carbocycles. The van der Waals surface area contributed by atoms with Crippen molar-refractivity contribution in [1.29, 1.82) is 0 Å². The number of esters is 1. The SMILES string of the molecule is Cc1cccc(C)c1OC(=O)C(I)C/C=C/c1ccc(-c2ccccc2)cc1. The van der Waals surface area contributed by atoms with Gasteiger partial charge in [0, 0.05) is 0 Å². The Kier molecular flexibility index (Phi) is 7.04. The Labute approximate surface area is 180 Å². The van der Waals surface area contributed by atoms with Gasteiger partial charge in [-0.25, -0.2) is 0 Å². The molecule has 0 fully saturated rings. The molecule has 2 nitrogen and oxygen atoms in total. The van der Waals surface area contributed by atoms with E-state index >= 15 is 0 Å². The normalized spacial score (nSPS) is 12.1. The van der Waals surface area contributed by atoms with E-state index in [1.165, 1.54) is 11.1 Å². The lowest BCUT2D eigenvalue weighted by Crippen LogP contribution is -2.20. The fourth-order valence-corrected chi connectivity index (χ4v) is 3.38. The molecule has 0 heterocycles. The van der Waals surface area contributed by atoms with Crippen LogP contribution in [-0.4, -0.2) is 9.89 Å². The first-order chi connectivity index (χ1) is 13.5. The molecule has 0 amide bonds. The van der Waals surface area contributed by atoms with Crippen LogP contribution in [0, 0.1) is 13.8 Å². The van der Waals surface area contributed by atoms with E-state index in [0.717, 1.165) is 16.7 Å². The second-order valence-corrected chi connectivity index (χ2v) is 8.24. The van der Waals surface area contributed by atoms with Gasteiger partial charge >= 0.3 is 5.97 Å². The maximum absolute atomic E-state index is 12.4. The van der Waals surface area contributed by atoms with Gasteiger partial charge in [-0.05, 0) is 48.1 Å². The molecular formula is C25H23IO2. The number of hydrogen-bond donors (Lipinski definition) is 0. The van der Waals surface area contributed by atoms with E-state index in [1.807, 2.05) is 62.4 Å². The van der Waals surface area contributed by atoms with Crippen LogP contribution in [0.25, 0.3) is 17.2 Å². The van der Waals surface area contributed by atoms with Crippen molar-refractivity contribution in [3.63, 3.8) is 0 Å². The fourth-order valence-electron chi connectivity index (χ4n) is 2.96. The monoisotopic (exact) mass is 482 g/mol. The molecule has 3 rings (SSSR count). The average molecular weight is 482 g/mol. The molecule has 0 N–H and O–H groups in total. The zero-order valence-electron chi connectivity index (χ0n) is 16.1. The van der Waals surface area contributed by atoms with E-state index in [-0.39, 0.29) is 9.89 Å². The first kappa shape index (κ1) is 20.3. The lowest BCUT2D eigenvalue weighted by Gasteiger charge is -2.12. The van der Waals surface area contributed by atoms with E-state index in [9.17, 15) is 4.79 Å². The van der Waals surface area contributed by atoms with Crippen LogP contribution in [0.5, 0.6) is 5.75 Å². The minimum Gasteiger partial charge on any atom is -0.425 e. The fraction of sp³-hybridized carbons (Fsp3) is 0.160. The number of rotatable bonds is 6. The van der Waals surface area contributed by atoms with Crippen LogP contribution in [0.2, 0.25) is 0 Å². The summed E-state index contributed by atoms with van der Waals surface area (Å²) >= 11 is 2.15. The molecule has 0 aromatic heterocycles. The van der Waals surface area contributed by atoms with Crippen LogP contribution in [0.15, 0.2) is 78.9 Å². The smallest absolute Gasteiger partial charge is 0.324 e. The second kappa shape index (κ2) is 9.69. The predicted octanol–water partition coefficient (Wildman–Crippen LogP) is 6.78. The van der Waals surface area contributed by atoms with Gasteiger partial charge in [-0.1, -0.05) is 108 Å². The number of halogens is 1. The van der Waals surface area contributed by atoms with Gasteiger partial charge in [0.15, 0.2) is 0 Å². The molecule has 0 saturated carbocycles. The zero-order valence-corrected chi connectivity index (χ0v) is 18.2. The molecule has 1 unspecified atom stereocenters. The average Bonchev–Trinajstić information content (AvgIpc) is 2.72. The Balaban J connectivity index is 1.57. The van der Waals surface area contributed by atoms with Crippen molar-refractivity contribution < 1.29 is 9.53 Å². The van der Waals surface area contributed by atoms with Crippen LogP contribution in [-0.2, 0) is 4.79 Å². The number of allylic oxidation sites excluding steroid dienone is 1. The van der Waals surface area contributed by atoms with E-state index in [1.54, 1.807) is 0 Å². The molecule has 3 heteroatoms. The topological polar surface area (TPSA) is 26.3 Å². The molecule has 1 atom stereocenters. The number of aryl methyl sites for hydroxylation is 2. The predicted molar refractivity (Wildman–Crippen MR) is 125 cm³/mol. The Morgan fingerprint density at radius 3 is 2.14 bits per heavy atom. The van der Waals surface area contributed by atoms with Gasteiger partial charge in [0.1, 0.15) is 9.67 Å². The molecule has 0 aliphatic heterocycles. The standard InChI is InChI=1S/C25H23IO2/c1-18-8-6-9-19(2)24(18)28-25(27)23(26)13-7-10-20-14-16-22(17-15-20)21-11-4-3-5-12-21/h3-12,14-17,23H,13H2,1-2H3/b10-7+. The van der Waals surface area contributed by atoms with E-state index < -0.39 is 0 Å². The van der Waals surface area contributed by atoms with Gasteiger partial charge < -0.3 is 4.74 Å². The minimum absolute atomic E-state index is 0.206. The largest absolute Gasteiger partial charge is 0.425 e. The molecule has 0 spiro atoms. The van der Waals surface area contributed by atoms with Crippen molar-refractivity contribution >= 4 is 34.6 Å². The highest BCUT2D eigenvalue weighted by Crippen LogP contribution is 2.24. The quantitative estimate of drug-likeness (QED) is 0.168. The number of hydrogen-bond acceptors (Lipinski definition) is 2. The molecule has 0 aliphatic rings. The van der Waals surface area contributed by atoms with Crippen LogP contribution < -0.4 is 4.74 Å². The maximum Gasteiger partial charge on any atom is 0.324 e. The third-order valence-electron chi connectivity index (χ3n) is 4.54. The highest BCUT2D eigenvalue weighted by molar-refractivity contribution is 14.1. The van der Waals surface area contributed by atoms with E-state index in [0.29, 0.717) is 12.2 Å². The van der Waals surface area contributed by atoms with Crippen LogP contribution in [0.1, 0.15) is 23.1 Å². The molecule has 0 aliphatic carbocycles. The third kappa shape index (κ3) is 5.32. The Hall–Kier alpha value is -2.40. The van der Waals surface area contributed by atoms with Gasteiger partial charge in [-0.3, -0.25) is 4.79 Å². The summed E-state index contributed by atoms with van der Waals surface area (Å²) in [6.45, 7) is 3.91. The zero-order chi connectivity index (χ0) is 19.9. The lowest BCUT2D eigenvalue weighted by molar-refractivity contribution is -0.133. The molecule has 0 saturated heterocycles. The summed E-state index contributed by atoms with van der Waals surface area (Å²) in [6, 6.07) is 24.6. The Bertz CT molecular complexity index is 939. The highest BCUT2D eigenvalue weighted by atomic mass is 127. The van der Waals surface area contributed by atoms with E-state index in [4.69, 9.17) is 4.74 Å². The third-order valence-corrected chi connectivity index (χ3v) is 5.56. The summed E-state index contributed by atoms with van der Waals surface area (Å²) < 4.78 is 5.40.